The molecule has 0 saturated carbocycles. The monoisotopic (exact) mass is 435 g/mol. The molecule has 0 fully saturated rings. The van der Waals surface area contributed by atoms with E-state index in [2.05, 4.69) is 9.97 Å². The minimum absolute atomic E-state index is 0.0679. The molecular formula is C27H21N3O3. The number of carbonyl (C=O) groups is 2. The Labute approximate surface area is 189 Å². The van der Waals surface area contributed by atoms with E-state index in [0.717, 1.165) is 38.8 Å². The highest BCUT2D eigenvalue weighted by Crippen LogP contribution is 2.39. The first-order valence-corrected chi connectivity index (χ1v) is 10.8. The molecule has 5 aromatic rings. The van der Waals surface area contributed by atoms with Crippen LogP contribution in [-0.2, 0) is 6.42 Å². The molecule has 0 spiro atoms. The average Bonchev–Trinajstić information content (AvgIpc) is 3.58. The molecule has 2 N–H and O–H groups in total. The molecule has 33 heavy (non-hydrogen) atoms. The normalized spacial score (nSPS) is 15.2. The predicted molar refractivity (Wildman–Crippen MR) is 128 cm³/mol. The van der Waals surface area contributed by atoms with E-state index >= 15 is 0 Å². The molecule has 2 aromatic heterocycles. The zero-order valence-electron chi connectivity index (χ0n) is 18.0. The van der Waals surface area contributed by atoms with Crippen LogP contribution in [0.4, 0.5) is 5.69 Å². The highest BCUT2D eigenvalue weighted by Gasteiger charge is 2.40. The van der Waals surface area contributed by atoms with Crippen molar-refractivity contribution in [3.63, 3.8) is 0 Å². The van der Waals surface area contributed by atoms with Crippen LogP contribution in [-0.4, -0.2) is 34.8 Å². The predicted octanol–water partition coefficient (Wildman–Crippen LogP) is 5.11. The summed E-state index contributed by atoms with van der Waals surface area (Å²) in [5.41, 5.74) is 4.65. The Morgan fingerprint density at radius 3 is 2.61 bits per heavy atom. The first-order valence-electron chi connectivity index (χ1n) is 10.8. The van der Waals surface area contributed by atoms with Gasteiger partial charge < -0.3 is 14.7 Å². The van der Waals surface area contributed by atoms with Crippen LogP contribution in [0.25, 0.3) is 21.8 Å². The number of benzene rings is 3. The van der Waals surface area contributed by atoms with E-state index < -0.39 is 6.04 Å². The Hall–Kier alpha value is -4.32. The molecule has 1 aliphatic heterocycles. The van der Waals surface area contributed by atoms with Gasteiger partial charge in [0.25, 0.3) is 5.91 Å². The first-order chi connectivity index (χ1) is 16.1. The Bertz CT molecular complexity index is 1530. The summed E-state index contributed by atoms with van der Waals surface area (Å²) in [5.74, 6) is 0.425. The summed E-state index contributed by atoms with van der Waals surface area (Å²) in [7, 11) is 1.61. The van der Waals surface area contributed by atoms with Crippen LogP contribution in [0, 0.1) is 0 Å². The molecule has 0 bridgehead atoms. The van der Waals surface area contributed by atoms with E-state index in [-0.39, 0.29) is 11.7 Å². The van der Waals surface area contributed by atoms with E-state index in [1.807, 2.05) is 66.9 Å². The molecule has 0 saturated heterocycles. The lowest BCUT2D eigenvalue weighted by Crippen LogP contribution is -2.43. The number of ether oxygens (including phenoxy) is 1. The number of aromatic nitrogens is 2. The summed E-state index contributed by atoms with van der Waals surface area (Å²) in [5, 5.41) is 1.92. The van der Waals surface area contributed by atoms with Crippen LogP contribution in [0.3, 0.4) is 0 Å². The number of methoxy groups -OCH3 is 1. The fourth-order valence-electron chi connectivity index (χ4n) is 4.82. The summed E-state index contributed by atoms with van der Waals surface area (Å²) in [6.45, 7) is 0. The standard InChI is InChI=1S/C27H21N3O3/c1-33-18-7-8-21-17(13-18)14-23(29-21)27(32)30-24-10-9-22-19(11-12-28-22)20(24)15-25(30)26(31)16-5-3-2-4-6-16/h2-14,25,28-29H,15H2,1H3. The van der Waals surface area contributed by atoms with Crippen molar-refractivity contribution in [3.05, 3.63) is 95.8 Å². The van der Waals surface area contributed by atoms with Gasteiger partial charge in [-0.3, -0.25) is 14.5 Å². The Kier molecular flexibility index (Phi) is 4.33. The Balaban J connectivity index is 1.48. The van der Waals surface area contributed by atoms with E-state index in [1.165, 1.54) is 0 Å². The maximum absolute atomic E-state index is 13.9. The summed E-state index contributed by atoms with van der Waals surface area (Å²) >= 11 is 0. The maximum Gasteiger partial charge on any atom is 0.275 e. The third kappa shape index (κ3) is 3.03. The second-order valence-electron chi connectivity index (χ2n) is 8.26. The number of fused-ring (bicyclic) bond motifs is 4. The average molecular weight is 435 g/mol. The van der Waals surface area contributed by atoms with E-state index in [9.17, 15) is 9.59 Å². The molecule has 1 amide bonds. The zero-order chi connectivity index (χ0) is 22.5. The number of rotatable bonds is 4. The van der Waals surface area contributed by atoms with Crippen LogP contribution in [0.15, 0.2) is 79.0 Å². The quantitative estimate of drug-likeness (QED) is 0.385. The van der Waals surface area contributed by atoms with Gasteiger partial charge in [-0.15, -0.1) is 0 Å². The molecule has 0 aliphatic carbocycles. The molecule has 6 rings (SSSR count). The van der Waals surface area contributed by atoms with Crippen molar-refractivity contribution in [2.24, 2.45) is 0 Å². The molecule has 162 valence electrons. The number of hydrogen-bond donors (Lipinski definition) is 2. The minimum atomic E-state index is -0.614. The van der Waals surface area contributed by atoms with Crippen molar-refractivity contribution in [1.29, 1.82) is 0 Å². The molecular weight excluding hydrogens is 414 g/mol. The number of Topliss-reactive ketones (excluding diaryl/α,β-unsaturated/α-hetero) is 1. The molecule has 6 nitrogen and oxygen atoms in total. The fourth-order valence-corrected chi connectivity index (χ4v) is 4.82. The Morgan fingerprint density at radius 1 is 0.970 bits per heavy atom. The number of ketones is 1. The number of anilines is 1. The fraction of sp³-hybridized carbons (Fsp3) is 0.111. The lowest BCUT2D eigenvalue weighted by molar-refractivity contribution is 0.0901. The van der Waals surface area contributed by atoms with Gasteiger partial charge in [-0.1, -0.05) is 30.3 Å². The summed E-state index contributed by atoms with van der Waals surface area (Å²) in [6.07, 6.45) is 2.35. The lowest BCUT2D eigenvalue weighted by atomic mass is 9.99. The van der Waals surface area contributed by atoms with Crippen LogP contribution >= 0.6 is 0 Å². The third-order valence-electron chi connectivity index (χ3n) is 6.43. The van der Waals surface area contributed by atoms with E-state index in [1.54, 1.807) is 24.1 Å². The van der Waals surface area contributed by atoms with Gasteiger partial charge in [0.1, 0.15) is 17.5 Å². The number of nitrogens with zero attached hydrogens (tertiary/aromatic N) is 1. The molecule has 1 atom stereocenters. The van der Waals surface area contributed by atoms with E-state index in [0.29, 0.717) is 17.7 Å². The smallest absolute Gasteiger partial charge is 0.275 e. The maximum atomic E-state index is 13.9. The molecule has 0 radical (unpaired) electrons. The van der Waals surface area contributed by atoms with Gasteiger partial charge in [-0.05, 0) is 48.0 Å². The topological polar surface area (TPSA) is 78.2 Å². The van der Waals surface area contributed by atoms with Crippen molar-refractivity contribution in [2.75, 3.05) is 12.0 Å². The largest absolute Gasteiger partial charge is 0.497 e. The van der Waals surface area contributed by atoms with Crippen LogP contribution in [0.1, 0.15) is 26.4 Å². The van der Waals surface area contributed by atoms with Crippen LogP contribution in [0.5, 0.6) is 5.75 Å². The number of aromatic amines is 2. The zero-order valence-corrected chi connectivity index (χ0v) is 18.0. The molecule has 6 heteroatoms. The van der Waals surface area contributed by atoms with Gasteiger partial charge in [0.05, 0.1) is 7.11 Å². The van der Waals surface area contributed by atoms with Crippen molar-refractivity contribution in [3.8, 4) is 5.75 Å². The number of hydrogen-bond acceptors (Lipinski definition) is 3. The van der Waals surface area contributed by atoms with E-state index in [4.69, 9.17) is 4.74 Å². The van der Waals surface area contributed by atoms with Gasteiger partial charge in [-0.25, -0.2) is 0 Å². The van der Waals surface area contributed by atoms with Gasteiger partial charge in [0, 0.05) is 45.7 Å². The molecule has 3 heterocycles. The third-order valence-corrected chi connectivity index (χ3v) is 6.43. The van der Waals surface area contributed by atoms with Gasteiger partial charge >= 0.3 is 0 Å². The SMILES string of the molecule is COc1ccc2[nH]c(C(=O)N3c4ccc5[nH]ccc5c4CC3C(=O)c3ccccc3)cc2c1. The van der Waals surface area contributed by atoms with Crippen molar-refractivity contribution >= 4 is 39.2 Å². The number of amides is 1. The summed E-state index contributed by atoms with van der Waals surface area (Å²) in [4.78, 5) is 35.5. The number of nitrogens with one attached hydrogen (secondary N) is 2. The van der Waals surface area contributed by atoms with Crippen molar-refractivity contribution < 1.29 is 14.3 Å². The van der Waals surface area contributed by atoms with Crippen molar-refractivity contribution in [1.82, 2.24) is 9.97 Å². The summed E-state index contributed by atoms with van der Waals surface area (Å²) < 4.78 is 5.31. The second kappa shape index (κ2) is 7.38. The van der Waals surface area contributed by atoms with Crippen molar-refractivity contribution in [2.45, 2.75) is 12.5 Å². The number of carbonyl (C=O) groups excluding carboxylic acids is 2. The molecule has 1 aliphatic rings. The van der Waals surface area contributed by atoms with Crippen LogP contribution < -0.4 is 9.64 Å². The Morgan fingerprint density at radius 2 is 1.79 bits per heavy atom. The highest BCUT2D eigenvalue weighted by molar-refractivity contribution is 6.16. The lowest BCUT2D eigenvalue weighted by Gasteiger charge is -2.24. The van der Waals surface area contributed by atoms with Crippen LogP contribution in [0.2, 0.25) is 0 Å². The van der Waals surface area contributed by atoms with Gasteiger partial charge in [0.2, 0.25) is 0 Å². The summed E-state index contributed by atoms with van der Waals surface area (Å²) in [6, 6.07) is 21.9. The number of H-pyrrole nitrogens is 2. The van der Waals surface area contributed by atoms with Gasteiger partial charge in [0.15, 0.2) is 5.78 Å². The second-order valence-corrected chi connectivity index (χ2v) is 8.26. The first kappa shape index (κ1) is 19.4. The highest BCUT2D eigenvalue weighted by atomic mass is 16.5. The molecule has 1 unspecified atom stereocenters. The van der Waals surface area contributed by atoms with Gasteiger partial charge in [-0.2, -0.15) is 0 Å². The minimum Gasteiger partial charge on any atom is -0.497 e. The molecule has 3 aromatic carbocycles.